The van der Waals surface area contributed by atoms with Crippen LogP contribution in [-0.4, -0.2) is 35.0 Å². The lowest BCUT2D eigenvalue weighted by atomic mass is 10.1. The molecule has 6 aromatic rings. The molecule has 0 spiro atoms. The summed E-state index contributed by atoms with van der Waals surface area (Å²) in [7, 11) is 0. The number of ether oxygens (including phenoxy) is 5. The smallest absolute Gasteiger partial charge is 0.347 e. The van der Waals surface area contributed by atoms with Gasteiger partial charge in [-0.15, -0.1) is 0 Å². The van der Waals surface area contributed by atoms with Gasteiger partial charge in [-0.25, -0.2) is 24.0 Å². The molecule has 1 N–H and O–H groups in total. The quantitative estimate of drug-likeness (QED) is 0.125. The molecule has 0 bridgehead atoms. The van der Waals surface area contributed by atoms with E-state index in [2.05, 4.69) is 4.74 Å². The Hall–Kier alpha value is -7.53. The van der Waals surface area contributed by atoms with Crippen LogP contribution in [0.1, 0.15) is 51.8 Å². The third-order valence-electron chi connectivity index (χ3n) is 7.17. The Bertz CT molecular complexity index is 2150. The van der Waals surface area contributed by atoms with Crippen LogP contribution in [0.4, 0.5) is 0 Å². The second kappa shape index (κ2) is 15.8. The summed E-state index contributed by atoms with van der Waals surface area (Å²) in [6.07, 6.45) is 0. The van der Waals surface area contributed by atoms with Crippen molar-refractivity contribution in [1.29, 1.82) is 0 Å². The van der Waals surface area contributed by atoms with E-state index in [0.29, 0.717) is 22.8 Å². The first-order valence-electron chi connectivity index (χ1n) is 15.6. The molecule has 11 nitrogen and oxygen atoms in total. The minimum Gasteiger partial charge on any atom is -0.508 e. The molecule has 0 atom stereocenters. The molecule has 1 aliphatic heterocycles. The molecule has 0 aromatic heterocycles. The molecule has 11 heteroatoms. The number of rotatable bonds is 8. The SMILES string of the molecule is O=C(Oc1ccccc1)c1cccc(OC(=O)c2cc(O)cc(C(=O)Oc3cccc(C(=O)Oc4ccccc4)c3)c2)c1.O=C1Oc2ccccc21. The number of para-hydroxylation sites is 3. The summed E-state index contributed by atoms with van der Waals surface area (Å²) in [5, 5.41) is 10.2. The second-order valence-electron chi connectivity index (χ2n) is 10.9. The standard InChI is InChI=1S/C34H22O9.C7H4O2/c35-26-18-24(33(38)42-29-15-7-9-22(20-29)31(36)40-27-11-3-1-4-12-27)17-25(19-26)34(39)43-30-16-8-10-23(21-30)32(37)41-28-13-5-2-6-14-28;8-7-5-3-1-2-4-6(5)9-7/h1-21,35H;1-4H. The lowest BCUT2D eigenvalue weighted by molar-refractivity contribution is 0.0655. The average Bonchev–Trinajstić information content (AvgIpc) is 3.15. The lowest BCUT2D eigenvalue weighted by Gasteiger charge is -2.15. The average molecular weight is 695 g/mol. The molecule has 52 heavy (non-hydrogen) atoms. The van der Waals surface area contributed by atoms with Crippen molar-refractivity contribution in [1.82, 2.24) is 0 Å². The Morgan fingerprint density at radius 1 is 0.423 bits per heavy atom. The second-order valence-corrected chi connectivity index (χ2v) is 10.9. The van der Waals surface area contributed by atoms with E-state index < -0.39 is 23.9 Å². The van der Waals surface area contributed by atoms with Crippen LogP contribution < -0.4 is 23.7 Å². The number of aromatic hydroxyl groups is 1. The molecule has 0 fully saturated rings. The van der Waals surface area contributed by atoms with Crippen LogP contribution >= 0.6 is 0 Å². The predicted molar refractivity (Wildman–Crippen MR) is 185 cm³/mol. The van der Waals surface area contributed by atoms with E-state index in [1.165, 1.54) is 54.6 Å². The molecule has 1 heterocycles. The summed E-state index contributed by atoms with van der Waals surface area (Å²) in [6, 6.07) is 39.2. The molecule has 0 saturated carbocycles. The highest BCUT2D eigenvalue weighted by Crippen LogP contribution is 2.27. The number of hydrogen-bond donors (Lipinski definition) is 1. The highest BCUT2D eigenvalue weighted by molar-refractivity contribution is 6.01. The maximum atomic E-state index is 12.9. The topological polar surface area (TPSA) is 152 Å². The van der Waals surface area contributed by atoms with Crippen LogP contribution in [0.25, 0.3) is 0 Å². The van der Waals surface area contributed by atoms with Crippen LogP contribution in [-0.2, 0) is 0 Å². The summed E-state index contributed by atoms with van der Waals surface area (Å²) in [4.78, 5) is 61.3. The highest BCUT2D eigenvalue weighted by atomic mass is 16.6. The summed E-state index contributed by atoms with van der Waals surface area (Å²) in [5.74, 6) is -2.21. The van der Waals surface area contributed by atoms with E-state index in [9.17, 15) is 29.1 Å². The fraction of sp³-hybridized carbons (Fsp3) is 0. The zero-order chi connectivity index (χ0) is 36.5. The van der Waals surface area contributed by atoms with E-state index in [-0.39, 0.29) is 45.5 Å². The molecule has 7 rings (SSSR count). The molecule has 0 saturated heterocycles. The molecular weight excluding hydrogens is 668 g/mol. The third-order valence-corrected chi connectivity index (χ3v) is 7.17. The van der Waals surface area contributed by atoms with E-state index in [4.69, 9.17) is 18.9 Å². The van der Waals surface area contributed by atoms with Gasteiger partial charge >= 0.3 is 29.8 Å². The minimum absolute atomic E-state index is 0.0409. The van der Waals surface area contributed by atoms with Gasteiger partial charge in [0.2, 0.25) is 0 Å². The maximum absolute atomic E-state index is 12.9. The van der Waals surface area contributed by atoms with Crippen LogP contribution in [0.5, 0.6) is 34.5 Å². The van der Waals surface area contributed by atoms with Crippen molar-refractivity contribution in [3.63, 3.8) is 0 Å². The lowest BCUT2D eigenvalue weighted by Crippen LogP contribution is -2.19. The van der Waals surface area contributed by atoms with Gasteiger partial charge in [-0.2, -0.15) is 0 Å². The van der Waals surface area contributed by atoms with Crippen molar-refractivity contribution in [2.24, 2.45) is 0 Å². The monoisotopic (exact) mass is 694 g/mol. The Morgan fingerprint density at radius 3 is 1.27 bits per heavy atom. The molecular formula is C41H26O11. The van der Waals surface area contributed by atoms with Crippen molar-refractivity contribution < 1.29 is 52.8 Å². The van der Waals surface area contributed by atoms with E-state index in [1.807, 2.05) is 12.1 Å². The first-order chi connectivity index (χ1) is 25.2. The van der Waals surface area contributed by atoms with Gasteiger partial charge in [0.1, 0.15) is 40.1 Å². The number of fused-ring (bicyclic) bond motifs is 1. The number of hydrogen-bond acceptors (Lipinski definition) is 11. The fourth-order valence-corrected chi connectivity index (χ4v) is 4.69. The van der Waals surface area contributed by atoms with Gasteiger partial charge in [0.05, 0.1) is 22.3 Å². The first kappa shape index (κ1) is 34.3. The molecule has 0 aliphatic carbocycles. The largest absolute Gasteiger partial charge is 0.508 e. The van der Waals surface area contributed by atoms with Gasteiger partial charge in [-0.1, -0.05) is 60.7 Å². The van der Waals surface area contributed by atoms with Crippen LogP contribution in [0.2, 0.25) is 0 Å². The zero-order valence-corrected chi connectivity index (χ0v) is 27.0. The molecule has 0 amide bonds. The molecule has 1 aliphatic rings. The molecule has 0 radical (unpaired) electrons. The number of phenolic OH excluding ortho intramolecular Hbond substituents is 1. The summed E-state index contributed by atoms with van der Waals surface area (Å²) in [5.41, 5.74) is 0.680. The normalized spacial score (nSPS) is 10.9. The summed E-state index contributed by atoms with van der Waals surface area (Å²) in [6.45, 7) is 0. The number of benzene rings is 6. The first-order valence-corrected chi connectivity index (χ1v) is 15.6. The number of carbonyl (C=O) groups excluding carboxylic acids is 5. The molecule has 256 valence electrons. The molecule has 6 aromatic carbocycles. The zero-order valence-electron chi connectivity index (χ0n) is 27.0. The van der Waals surface area contributed by atoms with Crippen molar-refractivity contribution in [3.8, 4) is 34.5 Å². The number of phenols is 1. The van der Waals surface area contributed by atoms with Crippen molar-refractivity contribution in [2.45, 2.75) is 0 Å². The van der Waals surface area contributed by atoms with Crippen molar-refractivity contribution in [2.75, 3.05) is 0 Å². The fourth-order valence-electron chi connectivity index (χ4n) is 4.69. The Kier molecular flexibility index (Phi) is 10.4. The maximum Gasteiger partial charge on any atom is 0.347 e. The highest BCUT2D eigenvalue weighted by Gasteiger charge is 2.24. The van der Waals surface area contributed by atoms with Gasteiger partial charge in [0.25, 0.3) is 0 Å². The van der Waals surface area contributed by atoms with E-state index in [1.54, 1.807) is 72.8 Å². The van der Waals surface area contributed by atoms with Crippen molar-refractivity contribution >= 4 is 29.8 Å². The van der Waals surface area contributed by atoms with Crippen LogP contribution in [0, 0.1) is 0 Å². The third kappa shape index (κ3) is 8.73. The Balaban J connectivity index is 0.000000444. The predicted octanol–water partition coefficient (Wildman–Crippen LogP) is 7.49. The van der Waals surface area contributed by atoms with Gasteiger partial charge in [-0.3, -0.25) is 0 Å². The molecule has 0 unspecified atom stereocenters. The van der Waals surface area contributed by atoms with Gasteiger partial charge in [0.15, 0.2) is 0 Å². The summed E-state index contributed by atoms with van der Waals surface area (Å²) < 4.78 is 26.0. The van der Waals surface area contributed by atoms with E-state index >= 15 is 0 Å². The Labute approximate surface area is 296 Å². The van der Waals surface area contributed by atoms with Crippen LogP contribution in [0.3, 0.4) is 0 Å². The number of esters is 5. The van der Waals surface area contributed by atoms with Gasteiger partial charge in [0, 0.05) is 0 Å². The minimum atomic E-state index is -0.899. The van der Waals surface area contributed by atoms with Crippen LogP contribution in [0.15, 0.2) is 152 Å². The van der Waals surface area contributed by atoms with Gasteiger partial charge in [-0.05, 0) is 91.0 Å². The number of carbonyl (C=O) groups is 5. The van der Waals surface area contributed by atoms with Crippen molar-refractivity contribution in [3.05, 3.63) is 179 Å². The summed E-state index contributed by atoms with van der Waals surface area (Å²) >= 11 is 0. The Morgan fingerprint density at radius 2 is 0.827 bits per heavy atom. The van der Waals surface area contributed by atoms with E-state index in [0.717, 1.165) is 12.1 Å². The van der Waals surface area contributed by atoms with Gasteiger partial charge < -0.3 is 28.8 Å².